The zero-order valence-corrected chi connectivity index (χ0v) is 5.30. The molecule has 0 aliphatic carbocycles. The van der Waals surface area contributed by atoms with E-state index < -0.39 is 4.92 Å². The molecule has 0 aromatic carbocycles. The minimum absolute atomic E-state index is 0.109. The predicted molar refractivity (Wildman–Crippen MR) is 33.6 cm³/mol. The number of nitro groups is 1. The van der Waals surface area contributed by atoms with Crippen molar-refractivity contribution in [3.05, 3.63) is 21.3 Å². The first kappa shape index (κ1) is 6.37. The van der Waals surface area contributed by atoms with Gasteiger partial charge in [-0.2, -0.15) is 0 Å². The van der Waals surface area contributed by atoms with Crippen LogP contribution in [0.1, 0.15) is 0 Å². The van der Waals surface area contributed by atoms with Crippen molar-refractivity contribution in [2.24, 2.45) is 5.84 Å². The Morgan fingerprint density at radius 2 is 2.67 bits per heavy atom. The van der Waals surface area contributed by atoms with E-state index in [1.54, 1.807) is 0 Å². The Morgan fingerprint density at radius 3 is 2.89 bits per heavy atom. The van der Waals surface area contributed by atoms with Gasteiger partial charge in [0, 0.05) is 0 Å². The fourth-order valence-corrected chi connectivity index (χ4v) is 1.13. The summed E-state index contributed by atoms with van der Waals surface area (Å²) in [5, 5.41) is 11.4. The first-order valence-electron chi connectivity index (χ1n) is 2.20. The molecule has 0 atom stereocenters. The van der Waals surface area contributed by atoms with Crippen molar-refractivity contribution in [3.8, 4) is 0 Å². The lowest BCUT2D eigenvalue weighted by Crippen LogP contribution is -2.20. The lowest BCUT2D eigenvalue weighted by molar-refractivity contribution is -0.410. The number of nitrogens with zero attached hydrogens (tertiary/aromatic N) is 2. The van der Waals surface area contributed by atoms with Gasteiger partial charge in [-0.1, -0.05) is 0 Å². The molecule has 9 heavy (non-hydrogen) atoms. The molecule has 6 heteroatoms. The molecule has 0 aromatic heterocycles. The monoisotopic (exact) mass is 147 g/mol. The zero-order chi connectivity index (χ0) is 6.85. The summed E-state index contributed by atoms with van der Waals surface area (Å²) in [4.78, 5) is 9.53. The smallest absolute Gasteiger partial charge is 0.300 e. The Bertz CT molecular complexity index is 168. The summed E-state index contributed by atoms with van der Waals surface area (Å²) < 4.78 is 0. The van der Waals surface area contributed by atoms with E-state index in [1.807, 2.05) is 0 Å². The number of hydrazine groups is 1. The normalized spacial score (nSPS) is 17.9. The minimum atomic E-state index is -0.447. The topological polar surface area (TPSA) is 72.4 Å². The van der Waals surface area contributed by atoms with Crippen molar-refractivity contribution in [2.45, 2.75) is 0 Å². The second-order valence-electron chi connectivity index (χ2n) is 1.51. The van der Waals surface area contributed by atoms with Gasteiger partial charge in [0.2, 0.25) is 0 Å². The Hall–Kier alpha value is -0.750. The Kier molecular flexibility index (Phi) is 1.58. The molecule has 1 aliphatic heterocycles. The molecule has 5 nitrogen and oxygen atoms in total. The summed E-state index contributed by atoms with van der Waals surface area (Å²) in [7, 11) is 0. The molecule has 0 saturated carbocycles. The summed E-state index contributed by atoms with van der Waals surface area (Å²) >= 11 is 1.12. The van der Waals surface area contributed by atoms with Crippen LogP contribution in [0.3, 0.4) is 0 Å². The molecule has 0 amide bonds. The maximum absolute atomic E-state index is 9.98. The predicted octanol–water partition coefficient (Wildman–Crippen LogP) is -0.0580. The quantitative estimate of drug-likeness (QED) is 0.319. The van der Waals surface area contributed by atoms with E-state index in [-0.39, 0.29) is 5.03 Å². The van der Waals surface area contributed by atoms with Gasteiger partial charge in [0.05, 0.1) is 10.8 Å². The van der Waals surface area contributed by atoms with Crippen LogP contribution in [0.15, 0.2) is 11.2 Å². The van der Waals surface area contributed by atoms with Crippen LogP contribution in [0.2, 0.25) is 0 Å². The van der Waals surface area contributed by atoms with Gasteiger partial charge in [-0.15, -0.1) is 0 Å². The van der Waals surface area contributed by atoms with Gasteiger partial charge in [-0.05, 0) is 11.8 Å². The molecule has 0 bridgehead atoms. The number of thioether (sulfide) groups is 1. The third-order valence-electron chi connectivity index (χ3n) is 0.818. The van der Waals surface area contributed by atoms with E-state index in [9.17, 15) is 10.1 Å². The summed E-state index contributed by atoms with van der Waals surface area (Å²) in [6.07, 6.45) is 1.31. The van der Waals surface area contributed by atoms with Crippen LogP contribution in [0.4, 0.5) is 0 Å². The van der Waals surface area contributed by atoms with Gasteiger partial charge in [0.25, 0.3) is 0 Å². The van der Waals surface area contributed by atoms with Gasteiger partial charge < -0.3 is 5.01 Å². The molecule has 2 N–H and O–H groups in total. The molecule has 1 rings (SSSR count). The van der Waals surface area contributed by atoms with Crippen molar-refractivity contribution in [1.82, 2.24) is 5.01 Å². The van der Waals surface area contributed by atoms with Crippen molar-refractivity contribution in [3.63, 3.8) is 0 Å². The average Bonchev–Trinajstić information content (AvgIpc) is 2.14. The molecule has 0 unspecified atom stereocenters. The highest BCUT2D eigenvalue weighted by molar-refractivity contribution is 8.02. The molecule has 0 fully saturated rings. The van der Waals surface area contributed by atoms with Crippen molar-refractivity contribution >= 4 is 11.8 Å². The summed E-state index contributed by atoms with van der Waals surface area (Å²) in [5.41, 5.74) is 0. The van der Waals surface area contributed by atoms with Crippen LogP contribution in [-0.2, 0) is 0 Å². The lowest BCUT2D eigenvalue weighted by Gasteiger charge is -1.99. The van der Waals surface area contributed by atoms with Crippen LogP contribution in [-0.4, -0.2) is 15.8 Å². The van der Waals surface area contributed by atoms with Gasteiger partial charge in [0.1, 0.15) is 6.20 Å². The third-order valence-corrected chi connectivity index (χ3v) is 1.80. The van der Waals surface area contributed by atoms with E-state index in [0.29, 0.717) is 5.88 Å². The molecular weight excluding hydrogens is 142 g/mol. The van der Waals surface area contributed by atoms with Crippen molar-refractivity contribution in [2.75, 3.05) is 5.88 Å². The first-order chi connectivity index (χ1) is 4.20. The van der Waals surface area contributed by atoms with Crippen LogP contribution in [0.25, 0.3) is 0 Å². The van der Waals surface area contributed by atoms with Crippen LogP contribution in [0.5, 0.6) is 0 Å². The maximum atomic E-state index is 9.98. The van der Waals surface area contributed by atoms with Gasteiger partial charge >= 0.3 is 5.03 Å². The molecule has 0 saturated heterocycles. The molecule has 0 radical (unpaired) electrons. The molecule has 0 spiro atoms. The van der Waals surface area contributed by atoms with E-state index >= 15 is 0 Å². The first-order valence-corrected chi connectivity index (χ1v) is 3.19. The highest BCUT2D eigenvalue weighted by Gasteiger charge is 2.19. The van der Waals surface area contributed by atoms with Crippen molar-refractivity contribution < 1.29 is 4.92 Å². The SMILES string of the molecule is NN1C=C([N+](=O)[O-])SC1. The molecule has 1 aliphatic rings. The number of hydrogen-bond acceptors (Lipinski definition) is 5. The maximum Gasteiger partial charge on any atom is 0.322 e. The second-order valence-corrected chi connectivity index (χ2v) is 2.48. The summed E-state index contributed by atoms with van der Waals surface area (Å²) in [6.45, 7) is 0. The fraction of sp³-hybridized carbons (Fsp3) is 0.333. The van der Waals surface area contributed by atoms with Crippen molar-refractivity contribution in [1.29, 1.82) is 0 Å². The van der Waals surface area contributed by atoms with Gasteiger partial charge in [0.15, 0.2) is 0 Å². The van der Waals surface area contributed by atoms with Crippen LogP contribution >= 0.6 is 11.8 Å². The molecule has 50 valence electrons. The highest BCUT2D eigenvalue weighted by Crippen LogP contribution is 2.22. The van der Waals surface area contributed by atoms with Crippen LogP contribution in [0, 0.1) is 10.1 Å². The number of hydrogen-bond donors (Lipinski definition) is 1. The molecule has 0 aromatic rings. The zero-order valence-electron chi connectivity index (χ0n) is 4.48. The summed E-state index contributed by atoms with van der Waals surface area (Å²) in [6, 6.07) is 0. The fourth-order valence-electron chi connectivity index (χ4n) is 0.457. The third kappa shape index (κ3) is 1.33. The standard InChI is InChI=1S/C3H5N3O2S/c4-5-1-3(6(7)8)9-2-5/h1H,2,4H2. The molecule has 1 heterocycles. The minimum Gasteiger partial charge on any atom is -0.300 e. The lowest BCUT2D eigenvalue weighted by atomic mass is 10.9. The highest BCUT2D eigenvalue weighted by atomic mass is 32.2. The van der Waals surface area contributed by atoms with E-state index in [2.05, 4.69) is 0 Å². The van der Waals surface area contributed by atoms with Crippen LogP contribution < -0.4 is 5.84 Å². The van der Waals surface area contributed by atoms with Gasteiger partial charge in [-0.25, -0.2) is 5.84 Å². The average molecular weight is 147 g/mol. The molecular formula is C3H5N3O2S. The Labute approximate surface area is 55.6 Å². The van der Waals surface area contributed by atoms with E-state index in [4.69, 9.17) is 5.84 Å². The summed E-state index contributed by atoms with van der Waals surface area (Å²) in [5.74, 6) is 5.66. The largest absolute Gasteiger partial charge is 0.322 e. The number of rotatable bonds is 1. The Balaban J connectivity index is 2.62. The Morgan fingerprint density at radius 1 is 2.00 bits per heavy atom. The number of nitrogens with two attached hydrogens (primary N) is 1. The van der Waals surface area contributed by atoms with Gasteiger partial charge in [-0.3, -0.25) is 10.1 Å². The van der Waals surface area contributed by atoms with E-state index in [0.717, 1.165) is 11.8 Å². The second kappa shape index (κ2) is 2.24. The van der Waals surface area contributed by atoms with E-state index in [1.165, 1.54) is 11.2 Å².